The number of ether oxygens (including phenoxy) is 1. The summed E-state index contributed by atoms with van der Waals surface area (Å²) >= 11 is 0. The van der Waals surface area contributed by atoms with Crippen molar-refractivity contribution >= 4 is 5.97 Å². The van der Waals surface area contributed by atoms with Gasteiger partial charge in [-0.25, -0.2) is 0 Å². The smallest absolute Gasteiger partial charge is 0.303 e. The van der Waals surface area contributed by atoms with E-state index in [4.69, 9.17) is 15.6 Å². The van der Waals surface area contributed by atoms with Crippen LogP contribution in [0.2, 0.25) is 0 Å². The highest BCUT2D eigenvalue weighted by atomic mass is 16.5. The predicted octanol–water partition coefficient (Wildman–Crippen LogP) is 2.26. The number of carboxylic acid groups (broad SMARTS) is 1. The van der Waals surface area contributed by atoms with E-state index in [1.807, 2.05) is 31.2 Å². The first kappa shape index (κ1) is 13.7. The van der Waals surface area contributed by atoms with Gasteiger partial charge in [0, 0.05) is 19.6 Å². The van der Waals surface area contributed by atoms with Gasteiger partial charge >= 0.3 is 5.97 Å². The Morgan fingerprint density at radius 1 is 1.35 bits per heavy atom. The van der Waals surface area contributed by atoms with Crippen molar-refractivity contribution in [3.63, 3.8) is 0 Å². The van der Waals surface area contributed by atoms with Gasteiger partial charge in [-0.05, 0) is 24.5 Å². The third kappa shape index (κ3) is 4.17. The average molecular weight is 237 g/mol. The van der Waals surface area contributed by atoms with Crippen LogP contribution < -0.4 is 5.73 Å². The molecule has 1 rings (SSSR count). The standard InChI is InChI=1S/C13H19NO3/c1-9(17-2)10-3-5-11(6-4-10)12(14)7-8-13(15)16/h3-6,9,12H,7-8,14H2,1-2H3,(H,15,16). The zero-order valence-electron chi connectivity index (χ0n) is 10.2. The van der Waals surface area contributed by atoms with E-state index < -0.39 is 5.97 Å². The lowest BCUT2D eigenvalue weighted by Crippen LogP contribution is -2.12. The lowest BCUT2D eigenvalue weighted by atomic mass is 10.0. The van der Waals surface area contributed by atoms with Gasteiger partial charge in [0.05, 0.1) is 6.10 Å². The van der Waals surface area contributed by atoms with Crippen LogP contribution in [-0.4, -0.2) is 18.2 Å². The Bertz CT molecular complexity index is 361. The molecule has 0 bridgehead atoms. The molecule has 2 atom stereocenters. The number of aliphatic carboxylic acids is 1. The van der Waals surface area contributed by atoms with Crippen molar-refractivity contribution in [1.29, 1.82) is 0 Å². The summed E-state index contributed by atoms with van der Waals surface area (Å²) in [5.74, 6) is -0.815. The van der Waals surface area contributed by atoms with Crippen molar-refractivity contribution in [3.05, 3.63) is 35.4 Å². The monoisotopic (exact) mass is 237 g/mol. The molecule has 0 aromatic heterocycles. The van der Waals surface area contributed by atoms with Crippen molar-refractivity contribution in [2.75, 3.05) is 7.11 Å². The van der Waals surface area contributed by atoms with Gasteiger partial charge in [-0.1, -0.05) is 24.3 Å². The Labute approximate surface area is 101 Å². The van der Waals surface area contributed by atoms with Crippen LogP contribution in [0.15, 0.2) is 24.3 Å². The maximum absolute atomic E-state index is 10.4. The minimum absolute atomic E-state index is 0.0549. The van der Waals surface area contributed by atoms with Crippen molar-refractivity contribution in [1.82, 2.24) is 0 Å². The van der Waals surface area contributed by atoms with Crippen LogP contribution in [0.1, 0.15) is 43.0 Å². The molecule has 94 valence electrons. The number of methoxy groups -OCH3 is 1. The highest BCUT2D eigenvalue weighted by Crippen LogP contribution is 2.20. The summed E-state index contributed by atoms with van der Waals surface area (Å²) in [6.07, 6.45) is 0.602. The van der Waals surface area contributed by atoms with Crippen LogP contribution in [0.25, 0.3) is 0 Å². The van der Waals surface area contributed by atoms with Gasteiger partial charge in [-0.15, -0.1) is 0 Å². The number of carbonyl (C=O) groups is 1. The Hall–Kier alpha value is -1.39. The molecule has 3 N–H and O–H groups in total. The number of carboxylic acids is 1. The average Bonchev–Trinajstić information content (AvgIpc) is 2.35. The molecular formula is C13H19NO3. The van der Waals surface area contributed by atoms with Gasteiger partial charge < -0.3 is 15.6 Å². The molecule has 0 heterocycles. The molecule has 0 radical (unpaired) electrons. The molecule has 0 aliphatic heterocycles. The van der Waals surface area contributed by atoms with Crippen molar-refractivity contribution < 1.29 is 14.6 Å². The molecule has 0 amide bonds. The molecule has 0 aliphatic carbocycles. The Morgan fingerprint density at radius 2 is 1.88 bits per heavy atom. The SMILES string of the molecule is COC(C)c1ccc(C(N)CCC(=O)O)cc1. The molecule has 0 spiro atoms. The highest BCUT2D eigenvalue weighted by Gasteiger charge is 2.09. The van der Waals surface area contributed by atoms with Crippen molar-refractivity contribution in [2.24, 2.45) is 5.73 Å². The first-order valence-electron chi connectivity index (χ1n) is 5.64. The van der Waals surface area contributed by atoms with Gasteiger partial charge in [-0.3, -0.25) is 4.79 Å². The van der Waals surface area contributed by atoms with E-state index in [0.29, 0.717) is 6.42 Å². The molecule has 17 heavy (non-hydrogen) atoms. The van der Waals surface area contributed by atoms with Crippen LogP contribution in [0.3, 0.4) is 0 Å². The van der Waals surface area contributed by atoms with Gasteiger partial charge in [0.15, 0.2) is 0 Å². The number of benzene rings is 1. The van der Waals surface area contributed by atoms with Crippen LogP contribution in [0.4, 0.5) is 0 Å². The van der Waals surface area contributed by atoms with Gasteiger partial charge in [0.1, 0.15) is 0 Å². The topological polar surface area (TPSA) is 72.5 Å². The highest BCUT2D eigenvalue weighted by molar-refractivity contribution is 5.66. The maximum atomic E-state index is 10.4. The molecule has 1 aromatic carbocycles. The summed E-state index contributed by atoms with van der Waals surface area (Å²) in [5, 5.41) is 8.59. The van der Waals surface area contributed by atoms with Crippen molar-refractivity contribution in [3.8, 4) is 0 Å². The minimum Gasteiger partial charge on any atom is -0.481 e. The molecule has 0 saturated carbocycles. The molecule has 0 fully saturated rings. The fourth-order valence-electron chi connectivity index (χ4n) is 1.60. The fraction of sp³-hybridized carbons (Fsp3) is 0.462. The quantitative estimate of drug-likeness (QED) is 0.796. The second kappa shape index (κ2) is 6.37. The van der Waals surface area contributed by atoms with Gasteiger partial charge in [0.25, 0.3) is 0 Å². The number of rotatable bonds is 6. The van der Waals surface area contributed by atoms with E-state index >= 15 is 0 Å². The molecule has 2 unspecified atom stereocenters. The number of nitrogens with two attached hydrogens (primary N) is 1. The van der Waals surface area contributed by atoms with E-state index in [1.54, 1.807) is 7.11 Å². The molecular weight excluding hydrogens is 218 g/mol. The number of hydrogen-bond acceptors (Lipinski definition) is 3. The Kier molecular flexibility index (Phi) is 5.12. The van der Waals surface area contributed by atoms with Crippen molar-refractivity contribution in [2.45, 2.75) is 31.9 Å². The molecule has 1 aromatic rings. The summed E-state index contributed by atoms with van der Waals surface area (Å²) in [5.41, 5.74) is 7.95. The zero-order chi connectivity index (χ0) is 12.8. The van der Waals surface area contributed by atoms with E-state index in [2.05, 4.69) is 0 Å². The summed E-state index contributed by atoms with van der Waals surface area (Å²) in [7, 11) is 1.66. The Balaban J connectivity index is 2.63. The van der Waals surface area contributed by atoms with Gasteiger partial charge in [-0.2, -0.15) is 0 Å². The normalized spacial score (nSPS) is 14.3. The molecule has 4 nitrogen and oxygen atoms in total. The second-order valence-corrected chi connectivity index (χ2v) is 4.08. The largest absolute Gasteiger partial charge is 0.481 e. The minimum atomic E-state index is -0.815. The third-order valence-corrected chi connectivity index (χ3v) is 2.86. The lowest BCUT2D eigenvalue weighted by Gasteiger charge is -2.13. The van der Waals surface area contributed by atoms with E-state index in [0.717, 1.165) is 11.1 Å². The van der Waals surface area contributed by atoms with E-state index in [9.17, 15) is 4.79 Å². The first-order chi connectivity index (χ1) is 8.04. The van der Waals surface area contributed by atoms with Crippen LogP contribution in [0, 0.1) is 0 Å². The fourth-order valence-corrected chi connectivity index (χ4v) is 1.60. The number of hydrogen-bond donors (Lipinski definition) is 2. The van der Waals surface area contributed by atoms with Crippen LogP contribution >= 0.6 is 0 Å². The molecule has 4 heteroatoms. The maximum Gasteiger partial charge on any atom is 0.303 e. The molecule has 0 aliphatic rings. The molecule has 0 saturated heterocycles. The van der Waals surface area contributed by atoms with E-state index in [-0.39, 0.29) is 18.6 Å². The predicted molar refractivity (Wildman–Crippen MR) is 65.7 cm³/mol. The second-order valence-electron chi connectivity index (χ2n) is 4.08. The van der Waals surface area contributed by atoms with Gasteiger partial charge in [0.2, 0.25) is 0 Å². The lowest BCUT2D eigenvalue weighted by molar-refractivity contribution is -0.137. The summed E-state index contributed by atoms with van der Waals surface area (Å²) in [4.78, 5) is 10.4. The summed E-state index contributed by atoms with van der Waals surface area (Å²) in [6, 6.07) is 7.56. The zero-order valence-corrected chi connectivity index (χ0v) is 10.2. The summed E-state index contributed by atoms with van der Waals surface area (Å²) in [6.45, 7) is 1.97. The summed E-state index contributed by atoms with van der Waals surface area (Å²) < 4.78 is 5.21. The van der Waals surface area contributed by atoms with E-state index in [1.165, 1.54) is 0 Å². The Morgan fingerprint density at radius 3 is 2.35 bits per heavy atom. The van der Waals surface area contributed by atoms with Crippen LogP contribution in [0.5, 0.6) is 0 Å². The third-order valence-electron chi connectivity index (χ3n) is 2.86. The van der Waals surface area contributed by atoms with Crippen LogP contribution in [-0.2, 0) is 9.53 Å². The first-order valence-corrected chi connectivity index (χ1v) is 5.64.